The first-order chi connectivity index (χ1) is 9.83. The number of rotatable bonds is 3. The Morgan fingerprint density at radius 2 is 1.95 bits per heavy atom. The Bertz CT molecular complexity index is 847. The van der Waals surface area contributed by atoms with Crippen molar-refractivity contribution >= 4 is 27.3 Å². The van der Waals surface area contributed by atoms with Crippen LogP contribution in [0.25, 0.3) is 0 Å². The minimum atomic E-state index is -4.07. The maximum Gasteiger partial charge on any atom is 0.262 e. The second-order valence-corrected chi connectivity index (χ2v) is 6.11. The Morgan fingerprint density at radius 3 is 2.57 bits per heavy atom. The number of hydrogen-bond donors (Lipinski definition) is 2. The number of hydrogen-bond acceptors (Lipinski definition) is 4. The molecule has 0 bridgehead atoms. The zero-order valence-corrected chi connectivity index (χ0v) is 11.9. The van der Waals surface area contributed by atoms with E-state index in [1.807, 2.05) is 4.72 Å². The van der Waals surface area contributed by atoms with Gasteiger partial charge in [-0.15, -0.1) is 0 Å². The summed E-state index contributed by atoms with van der Waals surface area (Å²) in [5.41, 5.74) is -0.167. The van der Waals surface area contributed by atoms with Crippen molar-refractivity contribution in [3.8, 4) is 11.8 Å². The van der Waals surface area contributed by atoms with Gasteiger partial charge in [0.1, 0.15) is 17.6 Å². The Labute approximate surface area is 125 Å². The lowest BCUT2D eigenvalue weighted by molar-refractivity contribution is 0.475. The van der Waals surface area contributed by atoms with E-state index in [2.05, 4.69) is 0 Å². The zero-order valence-electron chi connectivity index (χ0n) is 10.3. The van der Waals surface area contributed by atoms with Gasteiger partial charge in [0.2, 0.25) is 0 Å². The molecule has 0 aliphatic carbocycles. The maximum absolute atomic E-state index is 13.1. The van der Waals surface area contributed by atoms with E-state index in [0.717, 1.165) is 24.3 Å². The van der Waals surface area contributed by atoms with Crippen molar-refractivity contribution in [3.63, 3.8) is 0 Å². The number of halogens is 2. The van der Waals surface area contributed by atoms with Gasteiger partial charge in [-0.2, -0.15) is 5.26 Å². The van der Waals surface area contributed by atoms with Crippen molar-refractivity contribution in [2.24, 2.45) is 0 Å². The summed E-state index contributed by atoms with van der Waals surface area (Å²) in [7, 11) is -4.07. The molecule has 2 rings (SSSR count). The molecule has 0 saturated heterocycles. The van der Waals surface area contributed by atoms with Crippen LogP contribution in [-0.4, -0.2) is 13.5 Å². The number of sulfonamides is 1. The Morgan fingerprint density at radius 1 is 1.24 bits per heavy atom. The van der Waals surface area contributed by atoms with Crippen LogP contribution in [0.1, 0.15) is 5.56 Å². The summed E-state index contributed by atoms with van der Waals surface area (Å²) >= 11 is 5.77. The Hall–Kier alpha value is -2.30. The summed E-state index contributed by atoms with van der Waals surface area (Å²) < 4.78 is 39.4. The fraction of sp³-hybridized carbons (Fsp3) is 0. The molecule has 0 atom stereocenters. The first-order valence-corrected chi connectivity index (χ1v) is 7.40. The fourth-order valence-electron chi connectivity index (χ4n) is 1.55. The number of phenols is 1. The number of nitrogens with zero attached hydrogens (tertiary/aromatic N) is 1. The standard InChI is InChI=1S/C13H8ClFN2O3S/c14-11-6-10(3-1-8(11)7-16)21(19,20)17-12-5-9(15)2-4-13(12)18/h1-6,17-18H. The fourth-order valence-corrected chi connectivity index (χ4v) is 2.93. The van der Waals surface area contributed by atoms with E-state index in [1.165, 1.54) is 12.1 Å². The molecule has 0 saturated carbocycles. The number of anilines is 1. The molecule has 0 unspecified atom stereocenters. The summed E-state index contributed by atoms with van der Waals surface area (Å²) in [6.45, 7) is 0. The van der Waals surface area contributed by atoms with Crippen LogP contribution < -0.4 is 4.72 Å². The first-order valence-electron chi connectivity index (χ1n) is 5.54. The average Bonchev–Trinajstić information content (AvgIpc) is 2.42. The van der Waals surface area contributed by atoms with Crippen LogP contribution in [0.15, 0.2) is 41.3 Å². The molecule has 0 aliphatic rings. The number of nitriles is 1. The highest BCUT2D eigenvalue weighted by molar-refractivity contribution is 7.92. The lowest BCUT2D eigenvalue weighted by Gasteiger charge is -2.10. The van der Waals surface area contributed by atoms with Crippen LogP contribution in [0.4, 0.5) is 10.1 Å². The summed E-state index contributed by atoms with van der Waals surface area (Å²) in [6, 6.07) is 8.20. The van der Waals surface area contributed by atoms with Gasteiger partial charge in [-0.25, -0.2) is 12.8 Å². The third-order valence-electron chi connectivity index (χ3n) is 2.57. The minimum absolute atomic E-state index is 0.0242. The molecule has 0 amide bonds. The topological polar surface area (TPSA) is 90.2 Å². The first kappa shape index (κ1) is 15.1. The summed E-state index contributed by atoms with van der Waals surface area (Å²) in [5, 5.41) is 18.2. The third kappa shape index (κ3) is 3.24. The van der Waals surface area contributed by atoms with E-state index < -0.39 is 21.6 Å². The molecule has 0 spiro atoms. The van der Waals surface area contributed by atoms with Crippen LogP contribution in [0, 0.1) is 17.1 Å². The third-order valence-corrected chi connectivity index (χ3v) is 4.25. The highest BCUT2D eigenvalue weighted by Crippen LogP contribution is 2.27. The number of benzene rings is 2. The van der Waals surface area contributed by atoms with Gasteiger partial charge in [0, 0.05) is 6.07 Å². The van der Waals surface area contributed by atoms with E-state index in [1.54, 1.807) is 6.07 Å². The minimum Gasteiger partial charge on any atom is -0.506 e. The molecule has 0 heterocycles. The monoisotopic (exact) mass is 326 g/mol. The van der Waals surface area contributed by atoms with Gasteiger partial charge in [-0.05, 0) is 30.3 Å². The van der Waals surface area contributed by atoms with Crippen molar-refractivity contribution in [1.82, 2.24) is 0 Å². The summed E-state index contributed by atoms with van der Waals surface area (Å²) in [5.74, 6) is -1.12. The summed E-state index contributed by atoms with van der Waals surface area (Å²) in [4.78, 5) is -0.213. The van der Waals surface area contributed by atoms with Gasteiger partial charge >= 0.3 is 0 Å². The lowest BCUT2D eigenvalue weighted by atomic mass is 10.2. The van der Waals surface area contributed by atoms with E-state index in [0.29, 0.717) is 0 Å². The molecule has 0 fully saturated rings. The highest BCUT2D eigenvalue weighted by Gasteiger charge is 2.18. The van der Waals surface area contributed by atoms with Crippen molar-refractivity contribution in [2.45, 2.75) is 4.90 Å². The van der Waals surface area contributed by atoms with E-state index >= 15 is 0 Å². The van der Waals surface area contributed by atoms with Crippen LogP contribution in [0.5, 0.6) is 5.75 Å². The van der Waals surface area contributed by atoms with Crippen molar-refractivity contribution in [3.05, 3.63) is 52.8 Å². The average molecular weight is 327 g/mol. The van der Waals surface area contributed by atoms with Crippen LogP contribution in [-0.2, 0) is 10.0 Å². The predicted octanol–water partition coefficient (Wildman–Crippen LogP) is 2.86. The molecule has 0 aliphatic heterocycles. The van der Waals surface area contributed by atoms with Gasteiger partial charge in [0.05, 0.1) is 21.2 Å². The number of aromatic hydroxyl groups is 1. The highest BCUT2D eigenvalue weighted by atomic mass is 35.5. The second kappa shape index (κ2) is 5.60. The molecule has 2 aromatic carbocycles. The number of phenolic OH excluding ortho intramolecular Hbond substituents is 1. The SMILES string of the molecule is N#Cc1ccc(S(=O)(=O)Nc2cc(F)ccc2O)cc1Cl. The van der Waals surface area contributed by atoms with Gasteiger partial charge in [-0.1, -0.05) is 11.6 Å². The molecule has 8 heteroatoms. The Kier molecular flexibility index (Phi) is 4.02. The zero-order chi connectivity index (χ0) is 15.6. The molecule has 0 aromatic heterocycles. The smallest absolute Gasteiger partial charge is 0.262 e. The predicted molar refractivity (Wildman–Crippen MR) is 75.0 cm³/mol. The molecule has 2 N–H and O–H groups in total. The van der Waals surface area contributed by atoms with Crippen molar-refractivity contribution in [1.29, 1.82) is 5.26 Å². The van der Waals surface area contributed by atoms with Gasteiger partial charge in [0.25, 0.3) is 10.0 Å². The summed E-state index contributed by atoms with van der Waals surface area (Å²) in [6.07, 6.45) is 0. The maximum atomic E-state index is 13.1. The lowest BCUT2D eigenvalue weighted by Crippen LogP contribution is -2.13. The van der Waals surface area contributed by atoms with E-state index in [4.69, 9.17) is 16.9 Å². The molecule has 0 radical (unpaired) electrons. The number of nitrogens with one attached hydrogen (secondary N) is 1. The van der Waals surface area contributed by atoms with Gasteiger partial charge in [-0.3, -0.25) is 4.72 Å². The normalized spacial score (nSPS) is 10.9. The molecular formula is C13H8ClFN2O3S. The molecular weight excluding hydrogens is 319 g/mol. The van der Waals surface area contributed by atoms with Crippen LogP contribution in [0.2, 0.25) is 5.02 Å². The molecule has 21 heavy (non-hydrogen) atoms. The molecule has 2 aromatic rings. The van der Waals surface area contributed by atoms with Crippen LogP contribution >= 0.6 is 11.6 Å². The van der Waals surface area contributed by atoms with Gasteiger partial charge < -0.3 is 5.11 Å². The quantitative estimate of drug-likeness (QED) is 0.849. The van der Waals surface area contributed by atoms with Crippen molar-refractivity contribution < 1.29 is 17.9 Å². The second-order valence-electron chi connectivity index (χ2n) is 4.02. The largest absolute Gasteiger partial charge is 0.506 e. The van der Waals surface area contributed by atoms with Crippen molar-refractivity contribution in [2.75, 3.05) is 4.72 Å². The molecule has 5 nitrogen and oxygen atoms in total. The van der Waals surface area contributed by atoms with Crippen LogP contribution in [0.3, 0.4) is 0 Å². The van der Waals surface area contributed by atoms with Gasteiger partial charge in [0.15, 0.2) is 0 Å². The Balaban J connectivity index is 2.41. The van der Waals surface area contributed by atoms with E-state index in [9.17, 15) is 17.9 Å². The van der Waals surface area contributed by atoms with E-state index in [-0.39, 0.29) is 21.2 Å². The molecule has 108 valence electrons.